The van der Waals surface area contributed by atoms with Crippen LogP contribution in [0.2, 0.25) is 0 Å². The molecule has 8 heteroatoms. The summed E-state index contributed by atoms with van der Waals surface area (Å²) in [6.45, 7) is 2.09. The average Bonchev–Trinajstić information content (AvgIpc) is 2.80. The van der Waals surface area contributed by atoms with Crippen LogP contribution >= 0.6 is 0 Å². The number of aromatic carboxylic acids is 1. The highest BCUT2D eigenvalue weighted by atomic mass is 32.2. The molecule has 0 amide bonds. The largest absolute Gasteiger partial charge is 0.497 e. The molecule has 0 aliphatic carbocycles. The summed E-state index contributed by atoms with van der Waals surface area (Å²) in [7, 11) is -2.28. The van der Waals surface area contributed by atoms with Gasteiger partial charge in [0.05, 0.1) is 17.6 Å². The summed E-state index contributed by atoms with van der Waals surface area (Å²) in [5.41, 5.74) is 2.19. The molecule has 3 aromatic rings. The van der Waals surface area contributed by atoms with Gasteiger partial charge in [0.2, 0.25) is 10.0 Å². The van der Waals surface area contributed by atoms with Crippen molar-refractivity contribution in [2.45, 2.75) is 24.3 Å². The van der Waals surface area contributed by atoms with Crippen LogP contribution in [0.3, 0.4) is 0 Å². The summed E-state index contributed by atoms with van der Waals surface area (Å²) < 4.78 is 33.1. The van der Waals surface area contributed by atoms with Gasteiger partial charge in [-0.25, -0.2) is 17.9 Å². The molecule has 1 atom stereocenters. The van der Waals surface area contributed by atoms with Gasteiger partial charge in [0.1, 0.15) is 5.75 Å². The topological polar surface area (TPSA) is 105 Å². The minimum atomic E-state index is -3.86. The summed E-state index contributed by atoms with van der Waals surface area (Å²) in [6, 6.07) is 20.8. The number of carboxylic acids is 1. The highest BCUT2D eigenvalue weighted by molar-refractivity contribution is 7.89. The lowest BCUT2D eigenvalue weighted by molar-refractivity contribution is 0.0697. The normalized spacial score (nSPS) is 12.2. The van der Waals surface area contributed by atoms with Crippen molar-refractivity contribution in [1.82, 2.24) is 4.72 Å². The number of hydrogen-bond acceptors (Lipinski definition) is 5. The van der Waals surface area contributed by atoms with Gasteiger partial charge in [-0.05, 0) is 54.8 Å². The maximum absolute atomic E-state index is 12.7. The van der Waals surface area contributed by atoms with E-state index in [4.69, 9.17) is 4.74 Å². The highest BCUT2D eigenvalue weighted by Gasteiger charge is 2.20. The minimum absolute atomic E-state index is 0.0949. The van der Waals surface area contributed by atoms with E-state index in [0.717, 1.165) is 16.9 Å². The molecule has 1 unspecified atom stereocenters. The lowest BCUT2D eigenvalue weighted by Gasteiger charge is -2.18. The van der Waals surface area contributed by atoms with E-state index in [1.165, 1.54) is 18.2 Å². The Kier molecular flexibility index (Phi) is 7.50. The Labute approximate surface area is 188 Å². The van der Waals surface area contributed by atoms with E-state index in [-0.39, 0.29) is 23.0 Å². The van der Waals surface area contributed by atoms with Crippen LogP contribution in [0.25, 0.3) is 0 Å². The Morgan fingerprint density at radius 3 is 2.34 bits per heavy atom. The number of rotatable bonds is 10. The lowest BCUT2D eigenvalue weighted by atomic mass is 10.1. The van der Waals surface area contributed by atoms with Crippen LogP contribution in [0.15, 0.2) is 77.7 Å². The number of benzene rings is 3. The molecule has 0 saturated heterocycles. The van der Waals surface area contributed by atoms with Crippen molar-refractivity contribution in [3.05, 3.63) is 89.5 Å². The van der Waals surface area contributed by atoms with Crippen LogP contribution < -0.4 is 14.8 Å². The third-order valence-corrected chi connectivity index (χ3v) is 6.53. The predicted molar refractivity (Wildman–Crippen MR) is 124 cm³/mol. The molecule has 0 fully saturated rings. The Bertz CT molecular complexity index is 1160. The Morgan fingerprint density at radius 2 is 1.72 bits per heavy atom. The molecule has 32 heavy (non-hydrogen) atoms. The number of sulfonamides is 1. The molecule has 0 aromatic heterocycles. The van der Waals surface area contributed by atoms with Crippen LogP contribution in [-0.2, 0) is 16.4 Å². The number of carbonyl (C=O) groups is 1. The molecule has 0 aliphatic heterocycles. The van der Waals surface area contributed by atoms with Gasteiger partial charge in [-0.3, -0.25) is 0 Å². The van der Waals surface area contributed by atoms with E-state index in [1.54, 1.807) is 7.11 Å². The number of carboxylic acid groups (broad SMARTS) is 1. The van der Waals surface area contributed by atoms with Gasteiger partial charge >= 0.3 is 5.97 Å². The number of ether oxygens (including phenoxy) is 1. The van der Waals surface area contributed by atoms with Gasteiger partial charge in [0.25, 0.3) is 0 Å². The van der Waals surface area contributed by atoms with Crippen LogP contribution in [-0.4, -0.2) is 33.1 Å². The maximum atomic E-state index is 12.7. The molecule has 0 radical (unpaired) electrons. The number of hydrogen-bond donors (Lipinski definition) is 3. The third kappa shape index (κ3) is 5.87. The number of nitrogens with one attached hydrogen (secondary N) is 2. The maximum Gasteiger partial charge on any atom is 0.337 e. The van der Waals surface area contributed by atoms with E-state index >= 15 is 0 Å². The molecule has 0 spiro atoms. The Morgan fingerprint density at radius 1 is 1.03 bits per heavy atom. The predicted octanol–water partition coefficient (Wildman–Crippen LogP) is 4.09. The fraction of sp³-hybridized carbons (Fsp3) is 0.208. The Hall–Kier alpha value is -3.36. The molecular weight excluding hydrogens is 428 g/mol. The molecular formula is C24H26N2O5S. The summed E-state index contributed by atoms with van der Waals surface area (Å²) in [5.74, 6) is -0.478. The van der Waals surface area contributed by atoms with Crippen molar-refractivity contribution in [1.29, 1.82) is 0 Å². The summed E-state index contributed by atoms with van der Waals surface area (Å²) in [6.07, 6.45) is 0.489. The van der Waals surface area contributed by atoms with Crippen molar-refractivity contribution in [2.75, 3.05) is 19.0 Å². The average molecular weight is 455 g/mol. The van der Waals surface area contributed by atoms with E-state index in [2.05, 4.69) is 10.0 Å². The van der Waals surface area contributed by atoms with Crippen molar-refractivity contribution >= 4 is 21.7 Å². The van der Waals surface area contributed by atoms with E-state index in [9.17, 15) is 18.3 Å². The second-order valence-electron chi connectivity index (χ2n) is 7.29. The van der Waals surface area contributed by atoms with Crippen LogP contribution in [0.1, 0.15) is 34.5 Å². The first-order chi connectivity index (χ1) is 15.3. The van der Waals surface area contributed by atoms with Gasteiger partial charge in [0, 0.05) is 18.3 Å². The SMILES string of the molecule is COc1ccc(CCNS(=O)(=O)c2ccc(NC(C)c3ccccc3)c(C(=O)O)c2)cc1. The second-order valence-corrected chi connectivity index (χ2v) is 9.05. The first kappa shape index (κ1) is 23.3. The van der Waals surface area contributed by atoms with Crippen molar-refractivity contribution < 1.29 is 23.1 Å². The standard InChI is InChI=1S/C24H26N2O5S/c1-17(19-6-4-3-5-7-19)26-23-13-12-21(16-22(23)24(27)28)32(29,30)25-15-14-18-8-10-20(31-2)11-9-18/h3-13,16-17,25-26H,14-15H2,1-2H3,(H,27,28). The van der Waals surface area contributed by atoms with Crippen molar-refractivity contribution in [3.8, 4) is 5.75 Å². The van der Waals surface area contributed by atoms with Crippen molar-refractivity contribution in [3.63, 3.8) is 0 Å². The molecule has 7 nitrogen and oxygen atoms in total. The lowest BCUT2D eigenvalue weighted by Crippen LogP contribution is -2.26. The third-order valence-electron chi connectivity index (χ3n) is 5.07. The summed E-state index contributed by atoms with van der Waals surface area (Å²) in [5, 5.41) is 12.8. The molecule has 0 bridgehead atoms. The molecule has 3 rings (SSSR count). The van der Waals surface area contributed by atoms with Crippen LogP contribution in [0.4, 0.5) is 5.69 Å². The van der Waals surface area contributed by atoms with Crippen LogP contribution in [0.5, 0.6) is 5.75 Å². The first-order valence-corrected chi connectivity index (χ1v) is 11.6. The van der Waals surface area contributed by atoms with Gasteiger partial charge in [-0.1, -0.05) is 42.5 Å². The van der Waals surface area contributed by atoms with E-state index in [1.807, 2.05) is 61.5 Å². The Balaban J connectivity index is 1.72. The highest BCUT2D eigenvalue weighted by Crippen LogP contribution is 2.25. The zero-order valence-corrected chi connectivity index (χ0v) is 18.7. The molecule has 0 heterocycles. The van der Waals surface area contributed by atoms with Gasteiger partial charge in [-0.2, -0.15) is 0 Å². The number of methoxy groups -OCH3 is 1. The first-order valence-electron chi connectivity index (χ1n) is 10.1. The molecule has 0 saturated carbocycles. The molecule has 168 valence electrons. The molecule has 3 aromatic carbocycles. The fourth-order valence-electron chi connectivity index (χ4n) is 3.26. The quantitative estimate of drug-likeness (QED) is 0.426. The fourth-order valence-corrected chi connectivity index (χ4v) is 4.31. The monoisotopic (exact) mass is 454 g/mol. The van der Waals surface area contributed by atoms with E-state index < -0.39 is 16.0 Å². The van der Waals surface area contributed by atoms with E-state index in [0.29, 0.717) is 12.1 Å². The van der Waals surface area contributed by atoms with Gasteiger partial charge in [0.15, 0.2) is 0 Å². The zero-order chi connectivity index (χ0) is 23.1. The summed E-state index contributed by atoms with van der Waals surface area (Å²) >= 11 is 0. The smallest absolute Gasteiger partial charge is 0.337 e. The minimum Gasteiger partial charge on any atom is -0.497 e. The number of anilines is 1. The van der Waals surface area contributed by atoms with Crippen molar-refractivity contribution in [2.24, 2.45) is 0 Å². The van der Waals surface area contributed by atoms with Gasteiger partial charge in [-0.15, -0.1) is 0 Å². The van der Waals surface area contributed by atoms with Crippen LogP contribution in [0, 0.1) is 0 Å². The zero-order valence-electron chi connectivity index (χ0n) is 17.9. The molecule has 0 aliphatic rings. The van der Waals surface area contributed by atoms with Gasteiger partial charge < -0.3 is 15.2 Å². The summed E-state index contributed by atoms with van der Waals surface area (Å²) in [4.78, 5) is 11.7. The second kappa shape index (κ2) is 10.3. The molecule has 3 N–H and O–H groups in total.